The lowest BCUT2D eigenvalue weighted by atomic mass is 10.2. The molecule has 1 aromatic carbocycles. The molecule has 4 aromatic heterocycles. The summed E-state index contributed by atoms with van der Waals surface area (Å²) in [6.45, 7) is 0. The molecule has 11 heteroatoms. The van der Waals surface area contributed by atoms with Gasteiger partial charge in [-0.2, -0.15) is 4.52 Å². The van der Waals surface area contributed by atoms with E-state index < -0.39 is 0 Å². The van der Waals surface area contributed by atoms with E-state index in [9.17, 15) is 0 Å². The van der Waals surface area contributed by atoms with E-state index in [1.807, 2.05) is 49.0 Å². The minimum atomic E-state index is 0.691. The lowest BCUT2D eigenvalue weighted by Crippen LogP contribution is -1.99. The third-order valence-electron chi connectivity index (χ3n) is 4.24. The molecule has 0 atom stereocenters. The Morgan fingerprint density at radius 3 is 2.72 bits per heavy atom. The second-order valence-corrected chi connectivity index (χ2v) is 8.19. The first-order chi connectivity index (χ1) is 14.2. The molecule has 9 nitrogen and oxygen atoms in total. The van der Waals surface area contributed by atoms with Gasteiger partial charge in [0, 0.05) is 35.5 Å². The van der Waals surface area contributed by atoms with E-state index >= 15 is 0 Å². The van der Waals surface area contributed by atoms with E-state index in [0.717, 1.165) is 31.7 Å². The Kier molecular flexibility index (Phi) is 4.52. The number of fused-ring (bicyclic) bond motifs is 2. The Balaban J connectivity index is 1.54. The van der Waals surface area contributed by atoms with Gasteiger partial charge in [0.2, 0.25) is 5.16 Å². The van der Waals surface area contributed by atoms with Crippen molar-refractivity contribution in [3.8, 4) is 0 Å². The summed E-state index contributed by atoms with van der Waals surface area (Å²) in [7, 11) is 3.76. The highest BCUT2D eigenvalue weighted by Crippen LogP contribution is 2.35. The summed E-state index contributed by atoms with van der Waals surface area (Å²) in [6.07, 6.45) is 3.49. The van der Waals surface area contributed by atoms with E-state index in [1.54, 1.807) is 28.8 Å². The van der Waals surface area contributed by atoms with Crippen LogP contribution in [-0.2, 0) is 7.05 Å². The molecular weight excluding hydrogens is 406 g/mol. The first-order valence-corrected chi connectivity index (χ1v) is 10.3. The van der Waals surface area contributed by atoms with Crippen molar-refractivity contribution in [3.63, 3.8) is 0 Å². The van der Waals surface area contributed by atoms with Gasteiger partial charge in [-0.15, -0.1) is 25.5 Å². The smallest absolute Gasteiger partial charge is 0.217 e. The van der Waals surface area contributed by atoms with Gasteiger partial charge in [0.15, 0.2) is 10.8 Å². The molecule has 0 fully saturated rings. The van der Waals surface area contributed by atoms with Crippen LogP contribution in [0, 0.1) is 0 Å². The van der Waals surface area contributed by atoms with Crippen LogP contribution in [0.5, 0.6) is 0 Å². The van der Waals surface area contributed by atoms with Crippen LogP contribution in [0.2, 0.25) is 0 Å². The van der Waals surface area contributed by atoms with E-state index in [4.69, 9.17) is 0 Å². The maximum Gasteiger partial charge on any atom is 0.217 e. The van der Waals surface area contributed by atoms with Crippen LogP contribution in [0.25, 0.3) is 16.6 Å². The molecular formula is C18H15N9S2. The Morgan fingerprint density at radius 1 is 0.966 bits per heavy atom. The third-order valence-corrected chi connectivity index (χ3v) is 6.30. The highest BCUT2D eigenvalue weighted by atomic mass is 32.2. The fraction of sp³-hybridized carbons (Fsp3) is 0.111. The van der Waals surface area contributed by atoms with Gasteiger partial charge >= 0.3 is 0 Å². The Bertz CT molecular complexity index is 1330. The molecule has 29 heavy (non-hydrogen) atoms. The van der Waals surface area contributed by atoms with Gasteiger partial charge in [0.05, 0.1) is 5.52 Å². The van der Waals surface area contributed by atoms with Crippen molar-refractivity contribution in [2.45, 2.75) is 20.1 Å². The third kappa shape index (κ3) is 3.38. The van der Waals surface area contributed by atoms with E-state index in [-0.39, 0.29) is 0 Å². The zero-order valence-corrected chi connectivity index (χ0v) is 17.1. The molecule has 5 aromatic rings. The summed E-state index contributed by atoms with van der Waals surface area (Å²) in [5.41, 5.74) is 1.61. The average molecular weight is 422 g/mol. The number of hydrogen-bond donors (Lipinski definition) is 1. The zero-order valence-electron chi connectivity index (χ0n) is 15.5. The summed E-state index contributed by atoms with van der Waals surface area (Å²) in [4.78, 5) is 6.58. The number of nitrogens with zero attached hydrogens (tertiary/aromatic N) is 8. The maximum absolute atomic E-state index is 4.53. The Labute approximate surface area is 174 Å². The molecule has 4 heterocycles. The van der Waals surface area contributed by atoms with Crippen molar-refractivity contribution < 1.29 is 0 Å². The minimum Gasteiger partial charge on any atom is -0.372 e. The van der Waals surface area contributed by atoms with E-state index in [0.29, 0.717) is 10.8 Å². The molecule has 0 aliphatic rings. The van der Waals surface area contributed by atoms with Crippen molar-refractivity contribution in [3.05, 3.63) is 48.9 Å². The van der Waals surface area contributed by atoms with Crippen LogP contribution in [0.1, 0.15) is 0 Å². The topological polar surface area (TPSA) is 98.7 Å². The molecule has 0 spiro atoms. The molecule has 0 radical (unpaired) electrons. The fourth-order valence-corrected chi connectivity index (χ4v) is 4.49. The van der Waals surface area contributed by atoms with Gasteiger partial charge in [-0.25, -0.2) is 0 Å². The SMILES string of the molecule is CNc1ccc2nnc(Sc3ccnc4ccc(Sc5nncn5C)cc34)n2n1. The number of aryl methyl sites for hydroxylation is 1. The van der Waals surface area contributed by atoms with Gasteiger partial charge in [-0.05, 0) is 59.9 Å². The molecule has 0 amide bonds. The highest BCUT2D eigenvalue weighted by Gasteiger charge is 2.13. The van der Waals surface area contributed by atoms with Crippen LogP contribution in [0.3, 0.4) is 0 Å². The molecule has 0 unspecified atom stereocenters. The number of benzene rings is 1. The first kappa shape index (κ1) is 17.9. The van der Waals surface area contributed by atoms with Gasteiger partial charge < -0.3 is 9.88 Å². The summed E-state index contributed by atoms with van der Waals surface area (Å²) < 4.78 is 3.63. The van der Waals surface area contributed by atoms with Crippen LogP contribution in [-0.4, -0.2) is 46.6 Å². The molecule has 0 saturated heterocycles. The molecule has 5 rings (SSSR count). The molecule has 1 N–H and O–H groups in total. The second-order valence-electron chi connectivity index (χ2n) is 6.14. The molecule has 0 aliphatic heterocycles. The van der Waals surface area contributed by atoms with Crippen molar-refractivity contribution in [2.75, 3.05) is 12.4 Å². The lowest BCUT2D eigenvalue weighted by molar-refractivity contribution is 0.788. The number of nitrogens with one attached hydrogen (secondary N) is 1. The Hall–Kier alpha value is -3.18. The van der Waals surface area contributed by atoms with Gasteiger partial charge in [-0.3, -0.25) is 4.98 Å². The minimum absolute atomic E-state index is 0.691. The quantitative estimate of drug-likeness (QED) is 0.459. The molecule has 0 saturated carbocycles. The largest absolute Gasteiger partial charge is 0.372 e. The first-order valence-electron chi connectivity index (χ1n) is 8.70. The molecule has 0 aliphatic carbocycles. The van der Waals surface area contributed by atoms with Crippen LogP contribution in [0.15, 0.2) is 69.0 Å². The molecule has 144 valence electrons. The van der Waals surface area contributed by atoms with Crippen LogP contribution in [0.4, 0.5) is 5.82 Å². The summed E-state index contributed by atoms with van der Waals surface area (Å²) >= 11 is 3.07. The number of aromatic nitrogens is 8. The van der Waals surface area contributed by atoms with Crippen LogP contribution < -0.4 is 5.32 Å². The zero-order chi connectivity index (χ0) is 19.8. The summed E-state index contributed by atoms with van der Waals surface area (Å²) in [5, 5.41) is 26.7. The Morgan fingerprint density at radius 2 is 1.90 bits per heavy atom. The second kappa shape index (κ2) is 7.33. The number of pyridine rings is 1. The maximum atomic E-state index is 4.53. The fourth-order valence-electron chi connectivity index (χ4n) is 2.79. The van der Waals surface area contributed by atoms with Gasteiger partial charge in [-0.1, -0.05) is 0 Å². The van der Waals surface area contributed by atoms with Crippen LogP contribution >= 0.6 is 23.5 Å². The van der Waals surface area contributed by atoms with Crippen molar-refractivity contribution in [2.24, 2.45) is 7.05 Å². The normalized spacial score (nSPS) is 11.4. The van der Waals surface area contributed by atoms with Gasteiger partial charge in [0.1, 0.15) is 12.1 Å². The van der Waals surface area contributed by atoms with Crippen molar-refractivity contribution in [1.29, 1.82) is 0 Å². The molecule has 0 bridgehead atoms. The summed E-state index contributed by atoms with van der Waals surface area (Å²) in [5.74, 6) is 0.751. The van der Waals surface area contributed by atoms with Gasteiger partial charge in [0.25, 0.3) is 0 Å². The van der Waals surface area contributed by atoms with Crippen molar-refractivity contribution >= 4 is 45.9 Å². The lowest BCUT2D eigenvalue weighted by Gasteiger charge is -2.07. The number of anilines is 1. The van der Waals surface area contributed by atoms with E-state index in [2.05, 4.69) is 41.9 Å². The highest BCUT2D eigenvalue weighted by molar-refractivity contribution is 7.99. The standard InChI is InChI=1S/C18H15N9S2/c1-19-15-5-6-16-22-24-18(27(16)25-15)29-14-7-8-20-13-4-3-11(9-12(13)14)28-17-23-21-10-26(17)2/h3-10H,1-2H3,(H,19,25). The predicted octanol–water partition coefficient (Wildman–Crippen LogP) is 3.15. The predicted molar refractivity (Wildman–Crippen MR) is 111 cm³/mol. The monoisotopic (exact) mass is 421 g/mol. The number of rotatable bonds is 5. The summed E-state index contributed by atoms with van der Waals surface area (Å²) in [6, 6.07) is 11.9. The average Bonchev–Trinajstić information content (AvgIpc) is 3.34. The van der Waals surface area contributed by atoms with Crippen molar-refractivity contribution in [1.82, 2.24) is 39.6 Å². The van der Waals surface area contributed by atoms with E-state index in [1.165, 1.54) is 11.8 Å². The number of hydrogen-bond acceptors (Lipinski definition) is 9.